The highest BCUT2D eigenvalue weighted by atomic mass is 19.1. The van der Waals surface area contributed by atoms with Crippen LogP contribution in [0.5, 0.6) is 0 Å². The molecule has 3 nitrogen and oxygen atoms in total. The minimum Gasteiger partial charge on any atom is -0.387 e. The average molecular weight is 310 g/mol. The van der Waals surface area contributed by atoms with E-state index in [0.29, 0.717) is 12.5 Å². The number of benzene rings is 1. The molecular weight excluding hydrogens is 286 g/mol. The summed E-state index contributed by atoms with van der Waals surface area (Å²) in [6.45, 7) is 5.60. The Labute approximate surface area is 130 Å². The van der Waals surface area contributed by atoms with Crippen molar-refractivity contribution in [2.75, 3.05) is 39.3 Å². The van der Waals surface area contributed by atoms with Gasteiger partial charge in [0.15, 0.2) is 0 Å². The zero-order chi connectivity index (χ0) is 15.5. The van der Waals surface area contributed by atoms with Crippen molar-refractivity contribution in [2.24, 2.45) is 5.92 Å². The lowest BCUT2D eigenvalue weighted by Crippen LogP contribution is -2.31. The second kappa shape index (κ2) is 7.02. The summed E-state index contributed by atoms with van der Waals surface area (Å²) in [6, 6.07) is 3.71. The molecule has 5 heteroatoms. The van der Waals surface area contributed by atoms with Gasteiger partial charge in [-0.1, -0.05) is 6.07 Å². The van der Waals surface area contributed by atoms with Crippen LogP contribution >= 0.6 is 0 Å². The lowest BCUT2D eigenvalue weighted by Gasteiger charge is -2.22. The standard InChI is InChI=1S/C17H24F2N2O/c18-14-4-3-5-15(19)17(14)16(22)12-21-9-6-13(11-21)10-20-7-1-2-8-20/h3-5,13,16,22H,1-2,6-12H2. The third kappa shape index (κ3) is 3.65. The Morgan fingerprint density at radius 1 is 1.09 bits per heavy atom. The fourth-order valence-electron chi connectivity index (χ4n) is 3.72. The van der Waals surface area contributed by atoms with Crippen molar-refractivity contribution in [3.8, 4) is 0 Å². The van der Waals surface area contributed by atoms with Gasteiger partial charge < -0.3 is 14.9 Å². The third-order valence-corrected chi connectivity index (χ3v) is 4.85. The predicted octanol–water partition coefficient (Wildman–Crippen LogP) is 2.42. The molecule has 2 saturated heterocycles. The van der Waals surface area contributed by atoms with Crippen molar-refractivity contribution in [1.29, 1.82) is 0 Å². The molecule has 0 bridgehead atoms. The molecule has 0 aliphatic carbocycles. The van der Waals surface area contributed by atoms with E-state index >= 15 is 0 Å². The fraction of sp³-hybridized carbons (Fsp3) is 0.647. The van der Waals surface area contributed by atoms with E-state index < -0.39 is 17.7 Å². The summed E-state index contributed by atoms with van der Waals surface area (Å²) in [5, 5.41) is 10.2. The van der Waals surface area contributed by atoms with Crippen LogP contribution in [0.15, 0.2) is 18.2 Å². The summed E-state index contributed by atoms with van der Waals surface area (Å²) >= 11 is 0. The van der Waals surface area contributed by atoms with Crippen LogP contribution in [0, 0.1) is 17.6 Å². The van der Waals surface area contributed by atoms with Crippen molar-refractivity contribution in [3.05, 3.63) is 35.4 Å². The van der Waals surface area contributed by atoms with Gasteiger partial charge in [0.25, 0.3) is 0 Å². The van der Waals surface area contributed by atoms with E-state index in [1.807, 2.05) is 0 Å². The van der Waals surface area contributed by atoms with E-state index in [1.165, 1.54) is 44.1 Å². The molecule has 0 amide bonds. The number of nitrogens with zero attached hydrogens (tertiary/aromatic N) is 2. The van der Waals surface area contributed by atoms with Crippen molar-refractivity contribution in [3.63, 3.8) is 0 Å². The highest BCUT2D eigenvalue weighted by molar-refractivity contribution is 5.22. The first kappa shape index (κ1) is 15.8. The van der Waals surface area contributed by atoms with Crippen molar-refractivity contribution < 1.29 is 13.9 Å². The quantitative estimate of drug-likeness (QED) is 0.905. The maximum absolute atomic E-state index is 13.7. The Hall–Kier alpha value is -1.04. The molecule has 2 atom stereocenters. The number of aliphatic hydroxyl groups excluding tert-OH is 1. The molecule has 3 rings (SSSR count). The van der Waals surface area contributed by atoms with Gasteiger partial charge in [0, 0.05) is 19.6 Å². The minimum atomic E-state index is -1.10. The van der Waals surface area contributed by atoms with E-state index in [-0.39, 0.29) is 5.56 Å². The highest BCUT2D eigenvalue weighted by Crippen LogP contribution is 2.25. The Kier molecular flexibility index (Phi) is 5.06. The molecule has 1 N–H and O–H groups in total. The normalized spacial score (nSPS) is 25.0. The van der Waals surface area contributed by atoms with Crippen LogP contribution < -0.4 is 0 Å². The van der Waals surface area contributed by atoms with Gasteiger partial charge in [-0.2, -0.15) is 0 Å². The van der Waals surface area contributed by atoms with Crippen LogP contribution in [0.25, 0.3) is 0 Å². The zero-order valence-electron chi connectivity index (χ0n) is 12.8. The van der Waals surface area contributed by atoms with E-state index in [0.717, 1.165) is 26.1 Å². The van der Waals surface area contributed by atoms with Crippen LogP contribution in [-0.2, 0) is 0 Å². The lowest BCUT2D eigenvalue weighted by atomic mass is 10.1. The minimum absolute atomic E-state index is 0.203. The first-order valence-corrected chi connectivity index (χ1v) is 8.20. The van der Waals surface area contributed by atoms with E-state index in [4.69, 9.17) is 0 Å². The van der Waals surface area contributed by atoms with Crippen LogP contribution in [-0.4, -0.2) is 54.2 Å². The molecule has 0 saturated carbocycles. The predicted molar refractivity (Wildman–Crippen MR) is 81.5 cm³/mol. The molecule has 0 spiro atoms. The molecule has 122 valence electrons. The maximum Gasteiger partial charge on any atom is 0.131 e. The zero-order valence-corrected chi connectivity index (χ0v) is 12.8. The Morgan fingerprint density at radius 2 is 1.77 bits per heavy atom. The molecule has 0 aromatic heterocycles. The Morgan fingerprint density at radius 3 is 2.45 bits per heavy atom. The second-order valence-electron chi connectivity index (χ2n) is 6.57. The number of hydrogen-bond donors (Lipinski definition) is 1. The molecule has 0 radical (unpaired) electrons. The summed E-state index contributed by atoms with van der Waals surface area (Å²) in [5.41, 5.74) is -0.203. The van der Waals surface area contributed by atoms with Gasteiger partial charge in [0.05, 0.1) is 11.7 Å². The fourth-order valence-corrected chi connectivity index (χ4v) is 3.72. The second-order valence-corrected chi connectivity index (χ2v) is 6.57. The molecule has 22 heavy (non-hydrogen) atoms. The summed E-state index contributed by atoms with van der Waals surface area (Å²) in [7, 11) is 0. The van der Waals surface area contributed by atoms with Gasteiger partial charge in [-0.15, -0.1) is 0 Å². The third-order valence-electron chi connectivity index (χ3n) is 4.85. The lowest BCUT2D eigenvalue weighted by molar-refractivity contribution is 0.116. The van der Waals surface area contributed by atoms with Crippen LogP contribution in [0.1, 0.15) is 30.9 Å². The average Bonchev–Trinajstić information content (AvgIpc) is 3.11. The van der Waals surface area contributed by atoms with Gasteiger partial charge >= 0.3 is 0 Å². The first-order chi connectivity index (χ1) is 10.6. The van der Waals surface area contributed by atoms with Gasteiger partial charge in [0.2, 0.25) is 0 Å². The van der Waals surface area contributed by atoms with Crippen molar-refractivity contribution >= 4 is 0 Å². The van der Waals surface area contributed by atoms with E-state index in [9.17, 15) is 13.9 Å². The van der Waals surface area contributed by atoms with Crippen LogP contribution in [0.4, 0.5) is 8.78 Å². The largest absolute Gasteiger partial charge is 0.387 e. The SMILES string of the molecule is OC(CN1CCC(CN2CCCC2)C1)c1c(F)cccc1F. The molecular formula is C17H24F2N2O. The monoisotopic (exact) mass is 310 g/mol. The molecule has 2 unspecified atom stereocenters. The van der Waals surface area contributed by atoms with E-state index in [2.05, 4.69) is 9.80 Å². The van der Waals surface area contributed by atoms with E-state index in [1.54, 1.807) is 0 Å². The number of aliphatic hydroxyl groups is 1. The summed E-state index contributed by atoms with van der Waals surface area (Å²) in [4.78, 5) is 4.62. The number of halogens is 2. The molecule has 2 aliphatic rings. The van der Waals surface area contributed by atoms with Crippen molar-refractivity contribution in [2.45, 2.75) is 25.4 Å². The summed E-state index contributed by atoms with van der Waals surface area (Å²) < 4.78 is 27.4. The van der Waals surface area contributed by atoms with Crippen LogP contribution in [0.2, 0.25) is 0 Å². The molecule has 1 aromatic rings. The molecule has 1 aromatic carbocycles. The Bertz CT molecular complexity index is 485. The smallest absolute Gasteiger partial charge is 0.131 e. The topological polar surface area (TPSA) is 26.7 Å². The molecule has 2 fully saturated rings. The van der Waals surface area contributed by atoms with Crippen LogP contribution in [0.3, 0.4) is 0 Å². The van der Waals surface area contributed by atoms with Gasteiger partial charge in [0.1, 0.15) is 11.6 Å². The first-order valence-electron chi connectivity index (χ1n) is 8.20. The number of likely N-dealkylation sites (tertiary alicyclic amines) is 2. The van der Waals surface area contributed by atoms with Gasteiger partial charge in [-0.3, -0.25) is 0 Å². The van der Waals surface area contributed by atoms with Gasteiger partial charge in [-0.25, -0.2) is 8.78 Å². The molecule has 2 aliphatic heterocycles. The summed E-state index contributed by atoms with van der Waals surface area (Å²) in [5.74, 6) is -0.726. The summed E-state index contributed by atoms with van der Waals surface area (Å²) in [6.07, 6.45) is 2.58. The molecule has 2 heterocycles. The van der Waals surface area contributed by atoms with Crippen molar-refractivity contribution in [1.82, 2.24) is 9.80 Å². The Balaban J connectivity index is 1.53. The number of rotatable bonds is 5. The van der Waals surface area contributed by atoms with Gasteiger partial charge in [-0.05, 0) is 56.9 Å². The number of β-amino-alcohol motifs (C(OH)–C–C–N with tert-alkyl or cyclic N) is 1. The highest BCUT2D eigenvalue weighted by Gasteiger charge is 2.28. The number of hydrogen-bond acceptors (Lipinski definition) is 3. The maximum atomic E-state index is 13.7.